The van der Waals surface area contributed by atoms with Crippen LogP contribution in [0.5, 0.6) is 0 Å². The van der Waals surface area contributed by atoms with Crippen LogP contribution in [-0.2, 0) is 11.3 Å². The second-order valence-corrected chi connectivity index (χ2v) is 8.81. The summed E-state index contributed by atoms with van der Waals surface area (Å²) in [5.41, 5.74) is 2.90. The highest BCUT2D eigenvalue weighted by Crippen LogP contribution is 2.25. The molecule has 0 saturated carbocycles. The zero-order chi connectivity index (χ0) is 21.7. The largest absolute Gasteiger partial charge is 0.326 e. The van der Waals surface area contributed by atoms with Crippen molar-refractivity contribution in [3.63, 3.8) is 0 Å². The highest BCUT2D eigenvalue weighted by atomic mass is 16.2. The monoisotopic (exact) mass is 404 g/mol. The summed E-state index contributed by atoms with van der Waals surface area (Å²) in [5, 5.41) is 12.2. The molecule has 0 atom stereocenters. The number of carbonyl (C=O) groups excluding carboxylic acids is 2. The lowest BCUT2D eigenvalue weighted by Gasteiger charge is -2.36. The van der Waals surface area contributed by atoms with Gasteiger partial charge in [0, 0.05) is 37.4 Å². The van der Waals surface area contributed by atoms with Crippen LogP contribution in [0.25, 0.3) is 0 Å². The number of carbonyl (C=O) groups is 2. The highest BCUT2D eigenvalue weighted by molar-refractivity contribution is 5.94. The summed E-state index contributed by atoms with van der Waals surface area (Å²) in [6, 6.07) is 16.9. The molecule has 156 valence electrons. The van der Waals surface area contributed by atoms with Crippen LogP contribution in [0.15, 0.2) is 48.5 Å². The lowest BCUT2D eigenvalue weighted by Crippen LogP contribution is -2.49. The Hall–Kier alpha value is -3.33. The minimum Gasteiger partial charge on any atom is -0.326 e. The fourth-order valence-corrected chi connectivity index (χ4v) is 3.55. The molecule has 0 bridgehead atoms. The summed E-state index contributed by atoms with van der Waals surface area (Å²) < 4.78 is 0. The first-order valence-corrected chi connectivity index (χ1v) is 10.2. The van der Waals surface area contributed by atoms with Crippen LogP contribution in [0.4, 0.5) is 16.2 Å². The van der Waals surface area contributed by atoms with E-state index in [1.165, 1.54) is 0 Å². The van der Waals surface area contributed by atoms with Crippen LogP contribution in [0.2, 0.25) is 0 Å². The average Bonchev–Trinajstić information content (AvgIpc) is 2.69. The standard InChI is InChI=1S/C24H28N4O2/c1-24(2,3)15-22(29)26-20-9-11-21(12-10-20)28-14-6-13-27(23(28)30)17-19-8-5-4-7-18(19)16-25/h4-5,7-12H,6,13-15,17H2,1-3H3,(H,26,29). The molecule has 30 heavy (non-hydrogen) atoms. The van der Waals surface area contributed by atoms with E-state index in [4.69, 9.17) is 0 Å². The maximum absolute atomic E-state index is 13.0. The summed E-state index contributed by atoms with van der Waals surface area (Å²) >= 11 is 0. The Morgan fingerprint density at radius 3 is 2.47 bits per heavy atom. The van der Waals surface area contributed by atoms with Crippen LogP contribution in [-0.4, -0.2) is 29.9 Å². The molecule has 1 fully saturated rings. The molecule has 0 aliphatic carbocycles. The van der Waals surface area contributed by atoms with Gasteiger partial charge in [0.15, 0.2) is 0 Å². The smallest absolute Gasteiger partial charge is 0.324 e. The summed E-state index contributed by atoms with van der Waals surface area (Å²) in [5.74, 6) is -0.0216. The first-order valence-electron chi connectivity index (χ1n) is 10.2. The minimum atomic E-state index is -0.0716. The van der Waals surface area contributed by atoms with Crippen molar-refractivity contribution in [2.24, 2.45) is 5.41 Å². The van der Waals surface area contributed by atoms with Gasteiger partial charge in [0.2, 0.25) is 5.91 Å². The minimum absolute atomic E-state index is 0.0216. The van der Waals surface area contributed by atoms with E-state index in [1.807, 2.05) is 63.2 Å². The number of benzene rings is 2. The van der Waals surface area contributed by atoms with Crippen LogP contribution in [0, 0.1) is 16.7 Å². The highest BCUT2D eigenvalue weighted by Gasteiger charge is 2.27. The Bertz CT molecular complexity index is 954. The quantitative estimate of drug-likeness (QED) is 0.780. The van der Waals surface area contributed by atoms with E-state index in [0.717, 1.165) is 23.4 Å². The molecule has 1 heterocycles. The van der Waals surface area contributed by atoms with Crippen LogP contribution in [0.1, 0.15) is 44.7 Å². The molecule has 1 saturated heterocycles. The van der Waals surface area contributed by atoms with Gasteiger partial charge in [-0.1, -0.05) is 39.0 Å². The fourth-order valence-electron chi connectivity index (χ4n) is 3.55. The van der Waals surface area contributed by atoms with Crippen molar-refractivity contribution in [3.8, 4) is 6.07 Å². The van der Waals surface area contributed by atoms with Gasteiger partial charge in [0.05, 0.1) is 11.6 Å². The van der Waals surface area contributed by atoms with E-state index in [1.54, 1.807) is 15.9 Å². The third kappa shape index (κ3) is 5.38. The third-order valence-electron chi connectivity index (χ3n) is 4.96. The Balaban J connectivity index is 1.68. The lowest BCUT2D eigenvalue weighted by molar-refractivity contribution is -0.117. The van der Waals surface area contributed by atoms with Crippen LogP contribution < -0.4 is 10.2 Å². The van der Waals surface area contributed by atoms with Gasteiger partial charge in [-0.05, 0) is 47.7 Å². The number of nitriles is 1. The topological polar surface area (TPSA) is 76.4 Å². The number of anilines is 2. The van der Waals surface area contributed by atoms with Gasteiger partial charge in [-0.25, -0.2) is 4.79 Å². The van der Waals surface area contributed by atoms with Gasteiger partial charge in [-0.3, -0.25) is 9.69 Å². The molecule has 2 aromatic carbocycles. The van der Waals surface area contributed by atoms with Crippen LogP contribution in [0.3, 0.4) is 0 Å². The van der Waals surface area contributed by atoms with E-state index in [0.29, 0.717) is 31.6 Å². The molecule has 3 rings (SSSR count). The fraction of sp³-hybridized carbons (Fsp3) is 0.375. The number of rotatable bonds is 5. The Labute approximate surface area is 178 Å². The number of hydrogen-bond donors (Lipinski definition) is 1. The molecule has 0 radical (unpaired) electrons. The normalized spacial score (nSPS) is 14.4. The molecule has 1 aliphatic heterocycles. The molecule has 0 unspecified atom stereocenters. The maximum Gasteiger partial charge on any atom is 0.324 e. The van der Waals surface area contributed by atoms with E-state index in [2.05, 4.69) is 11.4 Å². The van der Waals surface area contributed by atoms with Gasteiger partial charge < -0.3 is 10.2 Å². The molecule has 6 nitrogen and oxygen atoms in total. The second-order valence-electron chi connectivity index (χ2n) is 8.81. The van der Waals surface area contributed by atoms with Gasteiger partial charge in [0.25, 0.3) is 0 Å². The average molecular weight is 405 g/mol. The predicted octanol–water partition coefficient (Wildman–Crippen LogP) is 4.77. The second kappa shape index (κ2) is 9.00. The SMILES string of the molecule is CC(C)(C)CC(=O)Nc1ccc(N2CCCN(Cc3ccccc3C#N)C2=O)cc1. The molecule has 1 N–H and O–H groups in total. The van der Waals surface area contributed by atoms with Crippen molar-refractivity contribution in [1.29, 1.82) is 5.26 Å². The predicted molar refractivity (Wildman–Crippen MR) is 118 cm³/mol. The summed E-state index contributed by atoms with van der Waals surface area (Å²) in [4.78, 5) is 28.7. The van der Waals surface area contributed by atoms with Gasteiger partial charge in [-0.15, -0.1) is 0 Å². The molecule has 2 aromatic rings. The van der Waals surface area contributed by atoms with Gasteiger partial charge in [0.1, 0.15) is 0 Å². The molecule has 1 aliphatic rings. The van der Waals surface area contributed by atoms with E-state index in [9.17, 15) is 14.9 Å². The number of amides is 3. The number of urea groups is 1. The molecular weight excluding hydrogens is 376 g/mol. The molecule has 0 aromatic heterocycles. The van der Waals surface area contributed by atoms with Crippen molar-refractivity contribution < 1.29 is 9.59 Å². The summed E-state index contributed by atoms with van der Waals surface area (Å²) in [6.07, 6.45) is 1.29. The number of hydrogen-bond acceptors (Lipinski definition) is 3. The van der Waals surface area contributed by atoms with Crippen molar-refractivity contribution in [2.75, 3.05) is 23.3 Å². The third-order valence-corrected chi connectivity index (χ3v) is 4.96. The van der Waals surface area contributed by atoms with Crippen LogP contribution >= 0.6 is 0 Å². The van der Waals surface area contributed by atoms with Crippen molar-refractivity contribution in [3.05, 3.63) is 59.7 Å². The summed E-state index contributed by atoms with van der Waals surface area (Å²) in [7, 11) is 0. The first-order chi connectivity index (χ1) is 14.3. The van der Waals surface area contributed by atoms with E-state index >= 15 is 0 Å². The van der Waals surface area contributed by atoms with E-state index < -0.39 is 0 Å². The number of nitrogens with one attached hydrogen (secondary N) is 1. The maximum atomic E-state index is 13.0. The van der Waals surface area contributed by atoms with Gasteiger partial charge >= 0.3 is 6.03 Å². The van der Waals surface area contributed by atoms with Crippen molar-refractivity contribution in [1.82, 2.24) is 4.90 Å². The van der Waals surface area contributed by atoms with Gasteiger partial charge in [-0.2, -0.15) is 5.26 Å². The molecule has 6 heteroatoms. The molecule has 3 amide bonds. The Morgan fingerprint density at radius 2 is 1.80 bits per heavy atom. The van der Waals surface area contributed by atoms with E-state index in [-0.39, 0.29) is 17.4 Å². The van der Waals surface area contributed by atoms with Crippen molar-refractivity contribution >= 4 is 23.3 Å². The Morgan fingerprint density at radius 1 is 1.10 bits per heavy atom. The molecular formula is C24H28N4O2. The number of nitrogens with zero attached hydrogens (tertiary/aromatic N) is 3. The lowest BCUT2D eigenvalue weighted by atomic mass is 9.92. The van der Waals surface area contributed by atoms with Crippen molar-refractivity contribution in [2.45, 2.75) is 40.2 Å². The first kappa shape index (κ1) is 21.4. The summed E-state index contributed by atoms with van der Waals surface area (Å²) in [6.45, 7) is 7.80. The zero-order valence-electron chi connectivity index (χ0n) is 17.8. The molecule has 0 spiro atoms. The zero-order valence-corrected chi connectivity index (χ0v) is 17.8. The Kier molecular flexibility index (Phi) is 6.41.